The maximum absolute atomic E-state index is 10.5. The van der Waals surface area contributed by atoms with Gasteiger partial charge in [0.1, 0.15) is 0 Å². The molecule has 1 fully saturated rings. The molecule has 0 spiro atoms. The Hall–Kier alpha value is -0.960. The summed E-state index contributed by atoms with van der Waals surface area (Å²) in [6, 6.07) is 8.37. The second-order valence-corrected chi connectivity index (χ2v) is 5.51. The molecule has 0 aliphatic heterocycles. The summed E-state index contributed by atoms with van der Waals surface area (Å²) in [5.74, 6) is -0.702. The Morgan fingerprint density at radius 2 is 2.12 bits per heavy atom. The van der Waals surface area contributed by atoms with Gasteiger partial charge in [0.25, 0.3) is 0 Å². The van der Waals surface area contributed by atoms with Gasteiger partial charge in [-0.05, 0) is 37.3 Å². The van der Waals surface area contributed by atoms with Crippen molar-refractivity contribution >= 4 is 17.7 Å². The predicted octanol–water partition coefficient (Wildman–Crippen LogP) is 3.35. The van der Waals surface area contributed by atoms with Crippen molar-refractivity contribution < 1.29 is 9.90 Å². The maximum Gasteiger partial charge on any atom is 0.303 e. The molecule has 3 heteroatoms. The molecule has 16 heavy (non-hydrogen) atoms. The van der Waals surface area contributed by atoms with E-state index in [1.54, 1.807) is 0 Å². The largest absolute Gasteiger partial charge is 0.481 e. The fourth-order valence-electron chi connectivity index (χ4n) is 1.62. The number of aliphatic carboxylic acids is 1. The molecule has 1 aromatic carbocycles. The number of rotatable bonds is 6. The predicted molar refractivity (Wildman–Crippen MR) is 65.9 cm³/mol. The van der Waals surface area contributed by atoms with Crippen LogP contribution in [0.5, 0.6) is 0 Å². The lowest BCUT2D eigenvalue weighted by molar-refractivity contribution is -0.137. The van der Waals surface area contributed by atoms with E-state index < -0.39 is 5.97 Å². The minimum Gasteiger partial charge on any atom is -0.481 e. The van der Waals surface area contributed by atoms with E-state index in [1.807, 2.05) is 17.8 Å². The van der Waals surface area contributed by atoms with Gasteiger partial charge in [-0.25, -0.2) is 0 Å². The summed E-state index contributed by atoms with van der Waals surface area (Å²) in [7, 11) is 0. The summed E-state index contributed by atoms with van der Waals surface area (Å²) in [4.78, 5) is 11.8. The molecule has 0 radical (unpaired) electrons. The zero-order chi connectivity index (χ0) is 11.4. The number of aryl methyl sites for hydroxylation is 1. The average Bonchev–Trinajstić information content (AvgIpc) is 3.04. The second-order valence-electron chi connectivity index (χ2n) is 4.17. The van der Waals surface area contributed by atoms with Gasteiger partial charge in [-0.15, -0.1) is 11.8 Å². The van der Waals surface area contributed by atoms with Crippen LogP contribution in [0.3, 0.4) is 0 Å². The molecular weight excluding hydrogens is 220 g/mol. The summed E-state index contributed by atoms with van der Waals surface area (Å²) in [5, 5.41) is 9.42. The average molecular weight is 236 g/mol. The van der Waals surface area contributed by atoms with E-state index in [-0.39, 0.29) is 6.42 Å². The zero-order valence-electron chi connectivity index (χ0n) is 9.19. The molecule has 1 saturated carbocycles. The first kappa shape index (κ1) is 11.5. The summed E-state index contributed by atoms with van der Waals surface area (Å²) in [6.45, 7) is 0. The number of hydrogen-bond donors (Lipinski definition) is 1. The first-order valence-corrected chi connectivity index (χ1v) is 6.60. The number of carboxylic acid groups (broad SMARTS) is 1. The molecule has 0 saturated heterocycles. The molecule has 0 atom stereocenters. The molecule has 0 amide bonds. The fourth-order valence-corrected chi connectivity index (χ4v) is 2.83. The van der Waals surface area contributed by atoms with Crippen LogP contribution in [0.25, 0.3) is 0 Å². The Bertz CT molecular complexity index is 372. The second kappa shape index (κ2) is 5.39. The van der Waals surface area contributed by atoms with Crippen molar-refractivity contribution in [2.24, 2.45) is 0 Å². The van der Waals surface area contributed by atoms with Crippen LogP contribution in [0.4, 0.5) is 0 Å². The van der Waals surface area contributed by atoms with Crippen molar-refractivity contribution in [2.75, 3.05) is 0 Å². The van der Waals surface area contributed by atoms with Crippen LogP contribution in [0.2, 0.25) is 0 Å². The van der Waals surface area contributed by atoms with Crippen LogP contribution in [-0.4, -0.2) is 16.3 Å². The number of hydrogen-bond acceptors (Lipinski definition) is 2. The Morgan fingerprint density at radius 3 is 2.81 bits per heavy atom. The number of carbonyl (C=O) groups is 1. The van der Waals surface area contributed by atoms with Crippen molar-refractivity contribution in [1.82, 2.24) is 0 Å². The van der Waals surface area contributed by atoms with E-state index in [9.17, 15) is 4.79 Å². The Morgan fingerprint density at radius 1 is 1.38 bits per heavy atom. The highest BCUT2D eigenvalue weighted by Crippen LogP contribution is 2.40. The molecule has 1 N–H and O–H groups in total. The standard InChI is InChI=1S/C13H16O2S/c14-13(15)7-3-5-10-4-1-2-6-12(10)16-11-8-9-11/h1-2,4,6,11H,3,5,7-9H2,(H,14,15). The molecule has 0 bridgehead atoms. The number of benzene rings is 1. The van der Waals surface area contributed by atoms with Crippen LogP contribution in [0, 0.1) is 0 Å². The van der Waals surface area contributed by atoms with Crippen molar-refractivity contribution in [3.05, 3.63) is 29.8 Å². The Labute approximate surface area is 100 Å². The van der Waals surface area contributed by atoms with Gasteiger partial charge in [-0.3, -0.25) is 4.79 Å². The van der Waals surface area contributed by atoms with Gasteiger partial charge in [-0.1, -0.05) is 18.2 Å². The van der Waals surface area contributed by atoms with E-state index in [0.29, 0.717) is 0 Å². The highest BCUT2D eigenvalue weighted by atomic mass is 32.2. The summed E-state index contributed by atoms with van der Waals surface area (Å²) in [5.41, 5.74) is 1.31. The molecule has 1 aromatic rings. The molecular formula is C13H16O2S. The Balaban J connectivity index is 1.92. The van der Waals surface area contributed by atoms with Gasteiger partial charge in [0.05, 0.1) is 0 Å². The van der Waals surface area contributed by atoms with Crippen molar-refractivity contribution in [2.45, 2.75) is 42.2 Å². The van der Waals surface area contributed by atoms with Crippen molar-refractivity contribution in [1.29, 1.82) is 0 Å². The van der Waals surface area contributed by atoms with Gasteiger partial charge in [0.2, 0.25) is 0 Å². The van der Waals surface area contributed by atoms with E-state index in [0.717, 1.165) is 18.1 Å². The van der Waals surface area contributed by atoms with Gasteiger partial charge in [-0.2, -0.15) is 0 Å². The van der Waals surface area contributed by atoms with Gasteiger partial charge < -0.3 is 5.11 Å². The normalized spacial score (nSPS) is 15.0. The molecule has 86 valence electrons. The minimum absolute atomic E-state index is 0.266. The number of carboxylic acids is 1. The summed E-state index contributed by atoms with van der Waals surface area (Å²) in [6.07, 6.45) is 4.53. The molecule has 1 aliphatic rings. The van der Waals surface area contributed by atoms with Crippen LogP contribution in [-0.2, 0) is 11.2 Å². The molecule has 1 aliphatic carbocycles. The monoisotopic (exact) mass is 236 g/mol. The smallest absolute Gasteiger partial charge is 0.303 e. The first-order valence-electron chi connectivity index (χ1n) is 5.72. The maximum atomic E-state index is 10.5. The van der Waals surface area contributed by atoms with Crippen LogP contribution < -0.4 is 0 Å². The van der Waals surface area contributed by atoms with Crippen LogP contribution in [0.15, 0.2) is 29.2 Å². The highest BCUT2D eigenvalue weighted by molar-refractivity contribution is 8.00. The van der Waals surface area contributed by atoms with E-state index in [4.69, 9.17) is 5.11 Å². The van der Waals surface area contributed by atoms with Crippen LogP contribution >= 0.6 is 11.8 Å². The van der Waals surface area contributed by atoms with E-state index in [1.165, 1.54) is 23.3 Å². The van der Waals surface area contributed by atoms with Crippen molar-refractivity contribution in [3.63, 3.8) is 0 Å². The fraction of sp³-hybridized carbons (Fsp3) is 0.462. The highest BCUT2D eigenvalue weighted by Gasteiger charge is 2.23. The molecule has 0 heterocycles. The third-order valence-corrected chi connectivity index (χ3v) is 4.08. The topological polar surface area (TPSA) is 37.3 Å². The van der Waals surface area contributed by atoms with Gasteiger partial charge >= 0.3 is 5.97 Å². The SMILES string of the molecule is O=C(O)CCCc1ccccc1SC1CC1. The zero-order valence-corrected chi connectivity index (χ0v) is 10.0. The third kappa shape index (κ3) is 3.56. The third-order valence-electron chi connectivity index (χ3n) is 2.63. The lowest BCUT2D eigenvalue weighted by Crippen LogP contribution is -1.97. The summed E-state index contributed by atoms with van der Waals surface area (Å²) >= 11 is 1.95. The Kier molecular flexibility index (Phi) is 3.88. The van der Waals surface area contributed by atoms with Crippen LogP contribution in [0.1, 0.15) is 31.2 Å². The summed E-state index contributed by atoms with van der Waals surface area (Å²) < 4.78 is 0. The lowest BCUT2D eigenvalue weighted by Gasteiger charge is -2.07. The first-order chi connectivity index (χ1) is 7.75. The lowest BCUT2D eigenvalue weighted by atomic mass is 10.1. The van der Waals surface area contributed by atoms with E-state index in [2.05, 4.69) is 18.2 Å². The molecule has 0 aromatic heterocycles. The van der Waals surface area contributed by atoms with Gasteiger partial charge in [0.15, 0.2) is 0 Å². The molecule has 0 unspecified atom stereocenters. The number of thioether (sulfide) groups is 1. The molecule has 2 nitrogen and oxygen atoms in total. The van der Waals surface area contributed by atoms with E-state index >= 15 is 0 Å². The van der Waals surface area contributed by atoms with Gasteiger partial charge in [0, 0.05) is 16.6 Å². The minimum atomic E-state index is -0.702. The quantitative estimate of drug-likeness (QED) is 0.823. The molecule has 2 rings (SSSR count). The van der Waals surface area contributed by atoms with Crippen molar-refractivity contribution in [3.8, 4) is 0 Å².